The molecular formula is C11H24N2. The summed E-state index contributed by atoms with van der Waals surface area (Å²) in [6.07, 6.45) is 0. The van der Waals surface area contributed by atoms with Gasteiger partial charge in [-0.05, 0) is 11.3 Å². The third kappa shape index (κ3) is 2.96. The van der Waals surface area contributed by atoms with Crippen molar-refractivity contribution in [3.8, 4) is 0 Å². The molecule has 2 heteroatoms. The molecule has 78 valence electrons. The van der Waals surface area contributed by atoms with Crippen molar-refractivity contribution in [3.63, 3.8) is 0 Å². The quantitative estimate of drug-likeness (QED) is 0.647. The molecule has 2 unspecified atom stereocenters. The highest BCUT2D eigenvalue weighted by Crippen LogP contribution is 2.20. The van der Waals surface area contributed by atoms with Gasteiger partial charge in [-0.2, -0.15) is 0 Å². The van der Waals surface area contributed by atoms with Gasteiger partial charge in [0.2, 0.25) is 0 Å². The molecule has 1 aliphatic rings. The molecule has 0 aromatic rings. The lowest BCUT2D eigenvalue weighted by Gasteiger charge is -2.40. The highest BCUT2D eigenvalue weighted by atomic mass is 15.1. The molecule has 2 atom stereocenters. The second-order valence-corrected chi connectivity index (χ2v) is 5.59. The van der Waals surface area contributed by atoms with Gasteiger partial charge in [0.1, 0.15) is 0 Å². The highest BCUT2D eigenvalue weighted by Gasteiger charge is 2.29. The van der Waals surface area contributed by atoms with Crippen molar-refractivity contribution in [3.05, 3.63) is 0 Å². The molecule has 1 saturated heterocycles. The lowest BCUT2D eigenvalue weighted by atomic mass is 9.84. The molecule has 2 nitrogen and oxygen atoms in total. The van der Waals surface area contributed by atoms with Crippen molar-refractivity contribution in [1.29, 1.82) is 0 Å². The van der Waals surface area contributed by atoms with Crippen LogP contribution in [-0.4, -0.2) is 25.2 Å². The Labute approximate surface area is 82.5 Å². The van der Waals surface area contributed by atoms with Crippen LogP contribution >= 0.6 is 0 Å². The van der Waals surface area contributed by atoms with Crippen LogP contribution < -0.4 is 10.6 Å². The van der Waals surface area contributed by atoms with Gasteiger partial charge in [0.25, 0.3) is 0 Å². The first kappa shape index (κ1) is 11.0. The molecule has 0 radical (unpaired) electrons. The van der Waals surface area contributed by atoms with Crippen LogP contribution in [0.25, 0.3) is 0 Å². The largest absolute Gasteiger partial charge is 0.311 e. The zero-order valence-corrected chi connectivity index (χ0v) is 9.65. The van der Waals surface area contributed by atoms with Crippen molar-refractivity contribution < 1.29 is 0 Å². The number of piperazine rings is 1. The number of rotatable bonds is 1. The summed E-state index contributed by atoms with van der Waals surface area (Å²) in [5.74, 6) is 0.730. The van der Waals surface area contributed by atoms with E-state index in [-0.39, 0.29) is 0 Å². The molecule has 1 aliphatic heterocycles. The smallest absolute Gasteiger partial charge is 0.0241 e. The van der Waals surface area contributed by atoms with Gasteiger partial charge in [0.15, 0.2) is 0 Å². The van der Waals surface area contributed by atoms with Crippen molar-refractivity contribution in [2.75, 3.05) is 13.1 Å². The van der Waals surface area contributed by atoms with Gasteiger partial charge in [-0.3, -0.25) is 0 Å². The number of hydrogen-bond acceptors (Lipinski definition) is 2. The molecule has 13 heavy (non-hydrogen) atoms. The normalized spacial score (nSPS) is 30.9. The van der Waals surface area contributed by atoms with Crippen molar-refractivity contribution in [2.45, 2.75) is 46.7 Å². The molecule has 1 fully saturated rings. The average molecular weight is 184 g/mol. The molecule has 0 bridgehead atoms. The SMILES string of the molecule is CC(C)C1CNC(C(C)(C)C)CN1. The van der Waals surface area contributed by atoms with Crippen LogP contribution in [0.5, 0.6) is 0 Å². The Balaban J connectivity index is 2.39. The van der Waals surface area contributed by atoms with Gasteiger partial charge in [0, 0.05) is 25.2 Å². The van der Waals surface area contributed by atoms with Gasteiger partial charge in [-0.1, -0.05) is 34.6 Å². The molecule has 0 aromatic carbocycles. The Morgan fingerprint density at radius 1 is 1.08 bits per heavy atom. The summed E-state index contributed by atoms with van der Waals surface area (Å²) in [5, 5.41) is 7.24. The maximum atomic E-state index is 3.63. The first-order valence-corrected chi connectivity index (χ1v) is 5.38. The van der Waals surface area contributed by atoms with Crippen LogP contribution in [0, 0.1) is 11.3 Å². The van der Waals surface area contributed by atoms with E-state index in [0.717, 1.165) is 19.0 Å². The van der Waals surface area contributed by atoms with E-state index in [2.05, 4.69) is 45.3 Å². The fraction of sp³-hybridized carbons (Fsp3) is 1.00. The summed E-state index contributed by atoms with van der Waals surface area (Å²) >= 11 is 0. The van der Waals surface area contributed by atoms with Gasteiger partial charge >= 0.3 is 0 Å². The zero-order chi connectivity index (χ0) is 10.1. The van der Waals surface area contributed by atoms with E-state index in [1.165, 1.54) is 0 Å². The highest BCUT2D eigenvalue weighted by molar-refractivity contribution is 4.90. The van der Waals surface area contributed by atoms with Crippen molar-refractivity contribution >= 4 is 0 Å². The average Bonchev–Trinajstić information content (AvgIpc) is 2.03. The number of nitrogens with one attached hydrogen (secondary N) is 2. The third-order valence-electron chi connectivity index (χ3n) is 3.02. The summed E-state index contributed by atoms with van der Waals surface area (Å²) in [7, 11) is 0. The molecule has 1 heterocycles. The van der Waals surface area contributed by atoms with E-state index in [4.69, 9.17) is 0 Å². The fourth-order valence-corrected chi connectivity index (χ4v) is 1.77. The summed E-state index contributed by atoms with van der Waals surface area (Å²) in [6.45, 7) is 13.6. The minimum absolute atomic E-state index is 0.370. The van der Waals surface area contributed by atoms with Crippen LogP contribution in [0.4, 0.5) is 0 Å². The molecular weight excluding hydrogens is 160 g/mol. The summed E-state index contributed by atoms with van der Waals surface area (Å²) in [5.41, 5.74) is 0.370. The van der Waals surface area contributed by atoms with Gasteiger partial charge in [-0.15, -0.1) is 0 Å². The zero-order valence-electron chi connectivity index (χ0n) is 9.65. The minimum atomic E-state index is 0.370. The maximum absolute atomic E-state index is 3.63. The van der Waals surface area contributed by atoms with Crippen LogP contribution in [0.2, 0.25) is 0 Å². The van der Waals surface area contributed by atoms with Crippen molar-refractivity contribution in [1.82, 2.24) is 10.6 Å². The summed E-state index contributed by atoms with van der Waals surface area (Å²) in [6, 6.07) is 1.26. The molecule has 0 aromatic heterocycles. The molecule has 0 saturated carbocycles. The van der Waals surface area contributed by atoms with E-state index < -0.39 is 0 Å². The predicted molar refractivity (Wildman–Crippen MR) is 57.9 cm³/mol. The van der Waals surface area contributed by atoms with Gasteiger partial charge in [0.05, 0.1) is 0 Å². The fourth-order valence-electron chi connectivity index (χ4n) is 1.77. The van der Waals surface area contributed by atoms with E-state index in [1.54, 1.807) is 0 Å². The first-order chi connectivity index (χ1) is 5.91. The Morgan fingerprint density at radius 2 is 1.69 bits per heavy atom. The van der Waals surface area contributed by atoms with Crippen LogP contribution in [0.15, 0.2) is 0 Å². The lowest BCUT2D eigenvalue weighted by Crippen LogP contribution is -2.60. The minimum Gasteiger partial charge on any atom is -0.311 e. The van der Waals surface area contributed by atoms with Gasteiger partial charge < -0.3 is 10.6 Å². The Hall–Kier alpha value is -0.0800. The van der Waals surface area contributed by atoms with Crippen LogP contribution in [-0.2, 0) is 0 Å². The molecule has 1 rings (SSSR count). The summed E-state index contributed by atoms with van der Waals surface area (Å²) < 4.78 is 0. The lowest BCUT2D eigenvalue weighted by molar-refractivity contribution is 0.197. The molecule has 0 spiro atoms. The Kier molecular flexibility index (Phi) is 3.36. The van der Waals surface area contributed by atoms with E-state index in [9.17, 15) is 0 Å². The van der Waals surface area contributed by atoms with Gasteiger partial charge in [-0.25, -0.2) is 0 Å². The van der Waals surface area contributed by atoms with Crippen LogP contribution in [0.3, 0.4) is 0 Å². The van der Waals surface area contributed by atoms with Crippen molar-refractivity contribution in [2.24, 2.45) is 11.3 Å². The maximum Gasteiger partial charge on any atom is 0.0241 e. The Morgan fingerprint density at radius 3 is 2.00 bits per heavy atom. The summed E-state index contributed by atoms with van der Waals surface area (Å²) in [4.78, 5) is 0. The second-order valence-electron chi connectivity index (χ2n) is 5.59. The third-order valence-corrected chi connectivity index (χ3v) is 3.02. The second kappa shape index (κ2) is 3.97. The van der Waals surface area contributed by atoms with E-state index in [1.807, 2.05) is 0 Å². The van der Waals surface area contributed by atoms with E-state index >= 15 is 0 Å². The first-order valence-electron chi connectivity index (χ1n) is 5.38. The van der Waals surface area contributed by atoms with E-state index in [0.29, 0.717) is 17.5 Å². The van der Waals surface area contributed by atoms with Crippen LogP contribution in [0.1, 0.15) is 34.6 Å². The molecule has 0 aliphatic carbocycles. The number of hydrogen-bond donors (Lipinski definition) is 2. The monoisotopic (exact) mass is 184 g/mol. The standard InChI is InChI=1S/C11H24N2/c1-8(2)9-6-13-10(7-12-9)11(3,4)5/h8-10,12-13H,6-7H2,1-5H3. The molecule has 2 N–H and O–H groups in total. The predicted octanol–water partition coefficient (Wildman–Crippen LogP) is 1.62. The topological polar surface area (TPSA) is 24.1 Å². The molecule has 0 amide bonds. The Bertz CT molecular complexity index is 150.